The zero-order valence-electron chi connectivity index (χ0n) is 11.6. The van der Waals surface area contributed by atoms with Crippen molar-refractivity contribution in [3.05, 3.63) is 10.9 Å². The standard InChI is InChI=1S/C13H20FN3O2S/c1-18-6-5-16-4-2-3-13(14,9-16)17-7-10-11(19-17)8-20-12(10)15/h8H,2-7,9,15H2,1H3. The van der Waals surface area contributed by atoms with Gasteiger partial charge in [-0.3, -0.25) is 4.90 Å². The summed E-state index contributed by atoms with van der Waals surface area (Å²) >= 11 is 1.44. The van der Waals surface area contributed by atoms with Gasteiger partial charge >= 0.3 is 0 Å². The van der Waals surface area contributed by atoms with E-state index in [0.29, 0.717) is 31.9 Å². The summed E-state index contributed by atoms with van der Waals surface area (Å²) in [7, 11) is 1.66. The molecule has 0 radical (unpaired) electrons. The number of ether oxygens (including phenoxy) is 1. The maximum atomic E-state index is 15.2. The molecule has 1 fully saturated rings. The van der Waals surface area contributed by atoms with Gasteiger partial charge in [0, 0.05) is 37.6 Å². The minimum atomic E-state index is -1.45. The molecule has 1 aromatic heterocycles. The van der Waals surface area contributed by atoms with Gasteiger partial charge in [0.25, 0.3) is 0 Å². The highest BCUT2D eigenvalue weighted by molar-refractivity contribution is 7.14. The molecule has 0 aromatic carbocycles. The maximum absolute atomic E-state index is 15.2. The van der Waals surface area contributed by atoms with Crippen LogP contribution in [0.5, 0.6) is 5.75 Å². The number of fused-ring (bicyclic) bond motifs is 1. The number of hydrogen-bond donors (Lipinski definition) is 1. The topological polar surface area (TPSA) is 51.0 Å². The van der Waals surface area contributed by atoms with Gasteiger partial charge in [-0.15, -0.1) is 16.4 Å². The molecular formula is C13H20FN3O2S. The highest BCUT2D eigenvalue weighted by atomic mass is 32.1. The first-order chi connectivity index (χ1) is 9.62. The summed E-state index contributed by atoms with van der Waals surface area (Å²) in [6.07, 6.45) is 1.31. The van der Waals surface area contributed by atoms with Crippen LogP contribution in [0.4, 0.5) is 9.39 Å². The lowest BCUT2D eigenvalue weighted by molar-refractivity contribution is -0.216. The first-order valence-electron chi connectivity index (χ1n) is 6.84. The Kier molecular flexibility index (Phi) is 3.85. The molecule has 0 amide bonds. The second-order valence-corrected chi connectivity index (χ2v) is 6.27. The molecular weight excluding hydrogens is 281 g/mol. The first-order valence-corrected chi connectivity index (χ1v) is 7.72. The van der Waals surface area contributed by atoms with Crippen LogP contribution in [0, 0.1) is 0 Å². The van der Waals surface area contributed by atoms with Crippen molar-refractivity contribution in [2.45, 2.75) is 25.2 Å². The third-order valence-corrected chi connectivity index (χ3v) is 4.79. The van der Waals surface area contributed by atoms with E-state index in [0.717, 1.165) is 30.1 Å². The fourth-order valence-electron chi connectivity index (χ4n) is 2.82. The van der Waals surface area contributed by atoms with Gasteiger partial charge in [0.05, 0.1) is 18.2 Å². The highest BCUT2D eigenvalue weighted by Gasteiger charge is 2.46. The molecule has 0 aliphatic carbocycles. The van der Waals surface area contributed by atoms with Gasteiger partial charge in [-0.25, -0.2) is 4.39 Å². The van der Waals surface area contributed by atoms with Crippen molar-refractivity contribution in [2.24, 2.45) is 0 Å². The third kappa shape index (κ3) is 2.50. The van der Waals surface area contributed by atoms with Crippen LogP contribution in [0.25, 0.3) is 0 Å². The average molecular weight is 301 g/mol. The molecule has 1 atom stereocenters. The number of likely N-dealkylation sites (tertiary alicyclic amines) is 1. The maximum Gasteiger partial charge on any atom is 0.208 e. The van der Waals surface area contributed by atoms with Crippen LogP contribution in [-0.2, 0) is 11.3 Å². The number of methoxy groups -OCH3 is 1. The lowest BCUT2D eigenvalue weighted by Gasteiger charge is -2.41. The normalized spacial score (nSPS) is 27.5. The summed E-state index contributed by atoms with van der Waals surface area (Å²) in [5.41, 5.74) is 6.80. The van der Waals surface area contributed by atoms with Crippen LogP contribution in [-0.4, -0.2) is 49.1 Å². The lowest BCUT2D eigenvalue weighted by Crippen LogP contribution is -2.56. The first kappa shape index (κ1) is 14.1. The van der Waals surface area contributed by atoms with E-state index in [4.69, 9.17) is 15.3 Å². The zero-order valence-corrected chi connectivity index (χ0v) is 12.4. The summed E-state index contributed by atoms with van der Waals surface area (Å²) in [4.78, 5) is 7.74. The Labute approximate surface area is 122 Å². The number of alkyl halides is 1. The lowest BCUT2D eigenvalue weighted by atomic mass is 10.0. The summed E-state index contributed by atoms with van der Waals surface area (Å²) in [5.74, 6) is -0.742. The Morgan fingerprint density at radius 3 is 3.20 bits per heavy atom. The summed E-state index contributed by atoms with van der Waals surface area (Å²) in [6, 6.07) is 0. The van der Waals surface area contributed by atoms with Crippen molar-refractivity contribution < 1.29 is 14.0 Å². The SMILES string of the molecule is COCCN1CCCC(F)(N2Cc3c(csc3N)O2)C1. The van der Waals surface area contributed by atoms with Gasteiger partial charge in [-0.1, -0.05) is 0 Å². The van der Waals surface area contributed by atoms with Gasteiger partial charge in [-0.2, -0.15) is 0 Å². The minimum absolute atomic E-state index is 0.351. The minimum Gasteiger partial charge on any atom is -0.401 e. The molecule has 3 rings (SSSR count). The Bertz CT molecular complexity index is 484. The van der Waals surface area contributed by atoms with Crippen molar-refractivity contribution >= 4 is 16.3 Å². The average Bonchev–Trinajstić information content (AvgIpc) is 3.00. The molecule has 5 nitrogen and oxygen atoms in total. The van der Waals surface area contributed by atoms with E-state index in [1.165, 1.54) is 16.4 Å². The number of thiophene rings is 1. The summed E-state index contributed by atoms with van der Waals surface area (Å²) in [6.45, 7) is 3.06. The van der Waals surface area contributed by atoms with Gasteiger partial charge < -0.3 is 15.3 Å². The van der Waals surface area contributed by atoms with Crippen molar-refractivity contribution in [3.8, 4) is 5.75 Å². The number of nitrogen functional groups attached to an aromatic ring is 1. The van der Waals surface area contributed by atoms with E-state index in [1.807, 2.05) is 5.38 Å². The van der Waals surface area contributed by atoms with Crippen molar-refractivity contribution in [1.82, 2.24) is 9.96 Å². The Hall–Kier alpha value is -0.890. The smallest absolute Gasteiger partial charge is 0.208 e. The Morgan fingerprint density at radius 2 is 2.45 bits per heavy atom. The van der Waals surface area contributed by atoms with E-state index in [9.17, 15) is 0 Å². The fourth-order valence-corrected chi connectivity index (χ4v) is 3.55. The van der Waals surface area contributed by atoms with E-state index in [1.54, 1.807) is 7.11 Å². The zero-order chi connectivity index (χ0) is 14.2. The quantitative estimate of drug-likeness (QED) is 0.860. The van der Waals surface area contributed by atoms with Crippen molar-refractivity contribution in [3.63, 3.8) is 0 Å². The van der Waals surface area contributed by atoms with E-state index >= 15 is 4.39 Å². The van der Waals surface area contributed by atoms with Crippen LogP contribution in [0.1, 0.15) is 18.4 Å². The van der Waals surface area contributed by atoms with Crippen molar-refractivity contribution in [2.75, 3.05) is 39.1 Å². The monoisotopic (exact) mass is 301 g/mol. The fraction of sp³-hybridized carbons (Fsp3) is 0.692. The number of nitrogens with two attached hydrogens (primary N) is 1. The molecule has 1 aromatic rings. The number of nitrogens with zero attached hydrogens (tertiary/aromatic N) is 2. The molecule has 2 aliphatic heterocycles. The molecule has 1 unspecified atom stereocenters. The molecule has 1 saturated heterocycles. The van der Waals surface area contributed by atoms with E-state index in [2.05, 4.69) is 4.90 Å². The van der Waals surface area contributed by atoms with Crippen LogP contribution in [0.15, 0.2) is 5.38 Å². The van der Waals surface area contributed by atoms with Gasteiger partial charge in [0.1, 0.15) is 0 Å². The van der Waals surface area contributed by atoms with Crippen LogP contribution >= 0.6 is 11.3 Å². The number of hydrogen-bond acceptors (Lipinski definition) is 6. The van der Waals surface area contributed by atoms with Crippen molar-refractivity contribution in [1.29, 1.82) is 0 Å². The highest BCUT2D eigenvalue weighted by Crippen LogP contribution is 2.42. The predicted molar refractivity (Wildman–Crippen MR) is 76.3 cm³/mol. The molecule has 3 heterocycles. The Balaban J connectivity index is 1.67. The van der Waals surface area contributed by atoms with Crippen LogP contribution in [0.2, 0.25) is 0 Å². The molecule has 0 bridgehead atoms. The largest absolute Gasteiger partial charge is 0.401 e. The number of piperidine rings is 1. The number of rotatable bonds is 4. The van der Waals surface area contributed by atoms with Gasteiger partial charge in [0.2, 0.25) is 5.79 Å². The second-order valence-electron chi connectivity index (χ2n) is 5.36. The third-order valence-electron chi connectivity index (χ3n) is 3.96. The number of hydroxylamine groups is 2. The van der Waals surface area contributed by atoms with Crippen LogP contribution in [0.3, 0.4) is 0 Å². The van der Waals surface area contributed by atoms with E-state index in [-0.39, 0.29) is 0 Å². The molecule has 2 N–H and O–H groups in total. The molecule has 0 spiro atoms. The van der Waals surface area contributed by atoms with Crippen LogP contribution < -0.4 is 10.6 Å². The molecule has 112 valence electrons. The predicted octanol–water partition coefficient (Wildman–Crippen LogP) is 1.85. The van der Waals surface area contributed by atoms with Gasteiger partial charge in [0.15, 0.2) is 5.75 Å². The summed E-state index contributed by atoms with van der Waals surface area (Å²) < 4.78 is 20.3. The second kappa shape index (κ2) is 5.48. The molecule has 0 saturated carbocycles. The molecule has 20 heavy (non-hydrogen) atoms. The number of anilines is 1. The molecule has 2 aliphatic rings. The van der Waals surface area contributed by atoms with E-state index < -0.39 is 5.79 Å². The molecule has 7 heteroatoms. The van der Waals surface area contributed by atoms with Gasteiger partial charge in [-0.05, 0) is 13.0 Å². The number of halogens is 1. The summed E-state index contributed by atoms with van der Waals surface area (Å²) in [5, 5.41) is 4.03. The Morgan fingerprint density at radius 1 is 1.60 bits per heavy atom.